The Balaban J connectivity index is 1.33. The summed E-state index contributed by atoms with van der Waals surface area (Å²) in [6.07, 6.45) is 3.62. The summed E-state index contributed by atoms with van der Waals surface area (Å²) in [6, 6.07) is 33.4. The Morgan fingerprint density at radius 1 is 0.578 bits per heavy atom. The predicted octanol–water partition coefficient (Wildman–Crippen LogP) is 7.87. The van der Waals surface area contributed by atoms with Gasteiger partial charge in [-0.1, -0.05) is 54.6 Å². The van der Waals surface area contributed by atoms with Crippen molar-refractivity contribution in [3.05, 3.63) is 114 Å². The Kier molecular flexibility index (Phi) is 5.11. The monoisotopic (exact) mass is 583 g/mol. The second-order valence-electron chi connectivity index (χ2n) is 11.6. The van der Waals surface area contributed by atoms with E-state index in [-0.39, 0.29) is 0 Å². The molecule has 4 aromatic heterocycles. The molecule has 0 aliphatic carbocycles. The number of hydrogen-bond donors (Lipinski definition) is 0. The van der Waals surface area contributed by atoms with Gasteiger partial charge in [0, 0.05) is 46.1 Å². The van der Waals surface area contributed by atoms with Crippen LogP contribution in [0.1, 0.15) is 11.1 Å². The number of nitrogens with zero attached hydrogens (tertiary/aromatic N) is 5. The van der Waals surface area contributed by atoms with Crippen LogP contribution in [-0.2, 0) is 12.8 Å². The first-order valence-corrected chi connectivity index (χ1v) is 15.3. The average molecular weight is 584 g/mol. The fourth-order valence-electron chi connectivity index (χ4n) is 7.02. The van der Waals surface area contributed by atoms with Gasteiger partial charge in [-0.15, -0.1) is 0 Å². The zero-order valence-electron chi connectivity index (χ0n) is 24.2. The first-order chi connectivity index (χ1) is 22.3. The molecule has 0 bridgehead atoms. The first-order valence-electron chi connectivity index (χ1n) is 15.3. The van der Waals surface area contributed by atoms with E-state index in [9.17, 15) is 0 Å². The van der Waals surface area contributed by atoms with Crippen molar-refractivity contribution in [2.75, 3.05) is 13.2 Å². The van der Waals surface area contributed by atoms with Crippen LogP contribution in [0.15, 0.2) is 103 Å². The SMILES string of the molecule is c1cc2c(c(-c3ccc4ccc5c(-n6c7ccccc7c7cccnc76)nc(-c6cccc7c6OCC7)nc5c4n3)c1)OCC2. The molecule has 6 heterocycles. The van der Waals surface area contributed by atoms with Gasteiger partial charge in [0.1, 0.15) is 22.7 Å². The van der Waals surface area contributed by atoms with Crippen LogP contribution in [0.2, 0.25) is 0 Å². The Bertz CT molecular complexity index is 2460. The minimum absolute atomic E-state index is 0.599. The van der Waals surface area contributed by atoms with E-state index >= 15 is 0 Å². The highest BCUT2D eigenvalue weighted by Gasteiger charge is 2.24. The highest BCUT2D eigenvalue weighted by molar-refractivity contribution is 6.11. The van der Waals surface area contributed by atoms with E-state index in [0.29, 0.717) is 19.0 Å². The molecule has 0 saturated carbocycles. The second-order valence-corrected chi connectivity index (χ2v) is 11.6. The molecule has 0 radical (unpaired) electrons. The standard InChI is InChI=1S/C38H25N5O2/c1-2-12-31-25(8-1)26-11-5-19-39-37(26)43(31)38-28-15-13-22-14-16-30(27-9-3-6-23-17-20-44-34(23)27)40-32(22)33(28)41-36(42-38)29-10-4-7-24-18-21-45-35(24)29/h1-16,19H,17-18,20-21H2. The zero-order chi connectivity index (χ0) is 29.5. The Hall–Kier alpha value is -5.82. The number of fused-ring (bicyclic) bond motifs is 8. The maximum Gasteiger partial charge on any atom is 0.166 e. The Morgan fingerprint density at radius 3 is 2.20 bits per heavy atom. The lowest BCUT2D eigenvalue weighted by Crippen LogP contribution is -2.04. The van der Waals surface area contributed by atoms with Crippen LogP contribution < -0.4 is 9.47 Å². The molecule has 0 N–H and O–H groups in total. The van der Waals surface area contributed by atoms with E-state index in [1.807, 2.05) is 18.3 Å². The van der Waals surface area contributed by atoms with Crippen LogP contribution in [0.5, 0.6) is 11.5 Å². The van der Waals surface area contributed by atoms with Gasteiger partial charge in [-0.2, -0.15) is 0 Å². The average Bonchev–Trinajstić information content (AvgIpc) is 3.85. The van der Waals surface area contributed by atoms with E-state index < -0.39 is 0 Å². The highest BCUT2D eigenvalue weighted by Crippen LogP contribution is 2.41. The van der Waals surface area contributed by atoms with Gasteiger partial charge in [0.2, 0.25) is 0 Å². The molecule has 10 rings (SSSR count). The summed E-state index contributed by atoms with van der Waals surface area (Å²) in [5.41, 5.74) is 8.60. The quantitative estimate of drug-likeness (QED) is 0.197. The van der Waals surface area contributed by atoms with Gasteiger partial charge in [-0.3, -0.25) is 4.57 Å². The van der Waals surface area contributed by atoms with Crippen molar-refractivity contribution in [2.45, 2.75) is 12.8 Å². The lowest BCUT2D eigenvalue weighted by molar-refractivity contribution is 0.357. The van der Waals surface area contributed by atoms with Gasteiger partial charge >= 0.3 is 0 Å². The van der Waals surface area contributed by atoms with Crippen LogP contribution in [0, 0.1) is 0 Å². The smallest absolute Gasteiger partial charge is 0.166 e. The minimum Gasteiger partial charge on any atom is -0.492 e. The second kappa shape index (κ2) is 9.34. The maximum atomic E-state index is 6.15. The number of pyridine rings is 2. The molecule has 4 aromatic carbocycles. The van der Waals surface area contributed by atoms with Crippen molar-refractivity contribution in [2.24, 2.45) is 0 Å². The van der Waals surface area contributed by atoms with Crippen molar-refractivity contribution < 1.29 is 9.47 Å². The van der Waals surface area contributed by atoms with Gasteiger partial charge in [0.15, 0.2) is 11.6 Å². The van der Waals surface area contributed by atoms with E-state index in [2.05, 4.69) is 89.5 Å². The van der Waals surface area contributed by atoms with Gasteiger partial charge < -0.3 is 9.47 Å². The number of hydrogen-bond acceptors (Lipinski definition) is 6. The summed E-state index contributed by atoms with van der Waals surface area (Å²) in [6.45, 7) is 1.35. The molecule has 2 aliphatic heterocycles. The topological polar surface area (TPSA) is 75.0 Å². The minimum atomic E-state index is 0.599. The fraction of sp³-hybridized carbons (Fsp3) is 0.105. The summed E-state index contributed by atoms with van der Waals surface area (Å²) in [4.78, 5) is 20.7. The molecule has 7 nitrogen and oxygen atoms in total. The molecule has 45 heavy (non-hydrogen) atoms. The molecule has 7 heteroatoms. The molecule has 0 unspecified atom stereocenters. The maximum absolute atomic E-state index is 6.15. The van der Waals surface area contributed by atoms with Gasteiger partial charge in [-0.25, -0.2) is 19.9 Å². The third-order valence-electron chi connectivity index (χ3n) is 9.10. The number of ether oxygens (including phenoxy) is 2. The lowest BCUT2D eigenvalue weighted by Gasteiger charge is -2.15. The summed E-state index contributed by atoms with van der Waals surface area (Å²) < 4.78 is 14.4. The number of para-hydroxylation sites is 3. The van der Waals surface area contributed by atoms with Gasteiger partial charge in [0.25, 0.3) is 0 Å². The molecule has 2 aliphatic rings. The normalized spacial score (nSPS) is 13.8. The number of aromatic nitrogens is 5. The van der Waals surface area contributed by atoms with E-state index in [1.54, 1.807) is 0 Å². The molecule has 0 fully saturated rings. The zero-order valence-corrected chi connectivity index (χ0v) is 24.2. The molecular formula is C38H25N5O2. The van der Waals surface area contributed by atoms with Crippen LogP contribution in [0.25, 0.3) is 72.2 Å². The number of rotatable bonds is 3. The van der Waals surface area contributed by atoms with Crippen LogP contribution in [0.3, 0.4) is 0 Å². The van der Waals surface area contributed by atoms with Crippen LogP contribution in [0.4, 0.5) is 0 Å². The van der Waals surface area contributed by atoms with Gasteiger partial charge in [-0.05, 0) is 53.6 Å². The van der Waals surface area contributed by atoms with E-state index in [0.717, 1.165) is 90.7 Å². The van der Waals surface area contributed by atoms with Crippen LogP contribution in [-0.4, -0.2) is 37.7 Å². The van der Waals surface area contributed by atoms with Gasteiger partial charge in [0.05, 0.1) is 35.5 Å². The summed E-state index contributed by atoms with van der Waals surface area (Å²) in [5.74, 6) is 3.14. The van der Waals surface area contributed by atoms with Crippen LogP contribution >= 0.6 is 0 Å². The van der Waals surface area contributed by atoms with Crippen molar-refractivity contribution in [1.29, 1.82) is 0 Å². The fourth-order valence-corrected chi connectivity index (χ4v) is 7.02. The van der Waals surface area contributed by atoms with Crippen molar-refractivity contribution in [1.82, 2.24) is 24.5 Å². The molecule has 8 aromatic rings. The molecule has 0 atom stereocenters. The molecule has 0 amide bonds. The Labute approximate surface area is 257 Å². The van der Waals surface area contributed by atoms with Crippen molar-refractivity contribution in [3.63, 3.8) is 0 Å². The Morgan fingerprint density at radius 2 is 1.33 bits per heavy atom. The summed E-state index contributed by atoms with van der Waals surface area (Å²) in [5, 5.41) is 4.10. The largest absolute Gasteiger partial charge is 0.492 e. The molecule has 0 spiro atoms. The van der Waals surface area contributed by atoms with E-state index in [1.165, 1.54) is 11.1 Å². The third-order valence-corrected chi connectivity index (χ3v) is 9.10. The highest BCUT2D eigenvalue weighted by atomic mass is 16.5. The number of benzene rings is 4. The summed E-state index contributed by atoms with van der Waals surface area (Å²) in [7, 11) is 0. The van der Waals surface area contributed by atoms with Crippen molar-refractivity contribution >= 4 is 43.7 Å². The predicted molar refractivity (Wildman–Crippen MR) is 176 cm³/mol. The van der Waals surface area contributed by atoms with E-state index in [4.69, 9.17) is 29.4 Å². The molecular weight excluding hydrogens is 558 g/mol. The summed E-state index contributed by atoms with van der Waals surface area (Å²) >= 11 is 0. The van der Waals surface area contributed by atoms with Crippen molar-refractivity contribution in [3.8, 4) is 40.0 Å². The first kappa shape index (κ1) is 24.6. The lowest BCUT2D eigenvalue weighted by atomic mass is 10.0. The molecule has 0 saturated heterocycles. The molecule has 214 valence electrons. The third kappa shape index (κ3) is 3.58.